The SMILES string of the molecule is CSc1ccc(CN(C)C(=O)C(C)NC(C)=O)cc1. The van der Waals surface area contributed by atoms with Crippen molar-refractivity contribution in [3.8, 4) is 0 Å². The van der Waals surface area contributed by atoms with Gasteiger partial charge >= 0.3 is 0 Å². The molecule has 0 heterocycles. The number of likely N-dealkylation sites (N-methyl/N-ethyl adjacent to an activating group) is 1. The summed E-state index contributed by atoms with van der Waals surface area (Å²) in [5.74, 6) is -0.289. The molecule has 0 aliphatic heterocycles. The summed E-state index contributed by atoms with van der Waals surface area (Å²) in [5, 5.41) is 2.59. The molecule has 104 valence electrons. The molecule has 5 heteroatoms. The monoisotopic (exact) mass is 280 g/mol. The zero-order chi connectivity index (χ0) is 14.4. The largest absolute Gasteiger partial charge is 0.345 e. The van der Waals surface area contributed by atoms with E-state index in [0.717, 1.165) is 5.56 Å². The van der Waals surface area contributed by atoms with E-state index in [2.05, 4.69) is 5.32 Å². The van der Waals surface area contributed by atoms with Crippen LogP contribution in [0.15, 0.2) is 29.2 Å². The first kappa shape index (κ1) is 15.6. The molecule has 1 N–H and O–H groups in total. The van der Waals surface area contributed by atoms with Crippen LogP contribution in [0.1, 0.15) is 19.4 Å². The summed E-state index contributed by atoms with van der Waals surface area (Å²) in [5.41, 5.74) is 1.07. The first-order chi connectivity index (χ1) is 8.93. The Labute approximate surface area is 118 Å². The third-order valence-electron chi connectivity index (χ3n) is 2.75. The first-order valence-corrected chi connectivity index (χ1v) is 7.31. The van der Waals surface area contributed by atoms with E-state index in [1.807, 2.05) is 30.5 Å². The molecule has 0 saturated carbocycles. The van der Waals surface area contributed by atoms with Crippen LogP contribution in [0.2, 0.25) is 0 Å². The van der Waals surface area contributed by atoms with Gasteiger partial charge in [-0.1, -0.05) is 12.1 Å². The standard InChI is InChI=1S/C14H20N2O2S/c1-10(15-11(2)17)14(18)16(3)9-12-5-7-13(19-4)8-6-12/h5-8,10H,9H2,1-4H3,(H,15,17). The molecule has 0 aliphatic carbocycles. The van der Waals surface area contributed by atoms with Crippen molar-refractivity contribution in [3.63, 3.8) is 0 Å². The fourth-order valence-electron chi connectivity index (χ4n) is 1.78. The molecule has 1 unspecified atom stereocenters. The van der Waals surface area contributed by atoms with E-state index in [9.17, 15) is 9.59 Å². The van der Waals surface area contributed by atoms with Crippen LogP contribution in [0.25, 0.3) is 0 Å². The number of carbonyl (C=O) groups excluding carboxylic acids is 2. The number of rotatable bonds is 5. The Bertz CT molecular complexity index is 445. The maximum absolute atomic E-state index is 12.0. The van der Waals surface area contributed by atoms with Gasteiger partial charge in [0.15, 0.2) is 0 Å². The number of nitrogens with one attached hydrogen (secondary N) is 1. The number of benzene rings is 1. The Kier molecular flexibility index (Phi) is 5.89. The second-order valence-corrected chi connectivity index (χ2v) is 5.34. The molecule has 1 aromatic carbocycles. The fourth-order valence-corrected chi connectivity index (χ4v) is 2.19. The number of carbonyl (C=O) groups is 2. The molecule has 0 aromatic heterocycles. The lowest BCUT2D eigenvalue weighted by Crippen LogP contribution is -2.44. The molecule has 0 bridgehead atoms. The van der Waals surface area contributed by atoms with Crippen LogP contribution in [0.3, 0.4) is 0 Å². The smallest absolute Gasteiger partial charge is 0.244 e. The van der Waals surface area contributed by atoms with Crippen LogP contribution >= 0.6 is 11.8 Å². The van der Waals surface area contributed by atoms with Gasteiger partial charge in [-0.2, -0.15) is 0 Å². The summed E-state index contributed by atoms with van der Waals surface area (Å²) in [6.45, 7) is 3.64. The van der Waals surface area contributed by atoms with Gasteiger partial charge in [-0.15, -0.1) is 11.8 Å². The predicted octanol–water partition coefficient (Wildman–Crippen LogP) is 1.89. The first-order valence-electron chi connectivity index (χ1n) is 6.09. The number of hydrogen-bond donors (Lipinski definition) is 1. The molecule has 0 aliphatic rings. The summed E-state index contributed by atoms with van der Waals surface area (Å²) in [7, 11) is 1.74. The lowest BCUT2D eigenvalue weighted by Gasteiger charge is -2.21. The Morgan fingerprint density at radius 3 is 2.37 bits per heavy atom. The molecule has 0 spiro atoms. The van der Waals surface area contributed by atoms with Crippen LogP contribution in [0, 0.1) is 0 Å². The molecule has 0 saturated heterocycles. The molecule has 4 nitrogen and oxygen atoms in total. The van der Waals surface area contributed by atoms with E-state index >= 15 is 0 Å². The lowest BCUT2D eigenvalue weighted by molar-refractivity contribution is -0.134. The predicted molar refractivity (Wildman–Crippen MR) is 78.0 cm³/mol. The lowest BCUT2D eigenvalue weighted by atomic mass is 10.2. The van der Waals surface area contributed by atoms with Gasteiger partial charge in [-0.05, 0) is 30.9 Å². The number of hydrogen-bond acceptors (Lipinski definition) is 3. The molecular formula is C14H20N2O2S. The average Bonchev–Trinajstić information content (AvgIpc) is 2.37. The van der Waals surface area contributed by atoms with Crippen LogP contribution in [0.5, 0.6) is 0 Å². The number of amides is 2. The zero-order valence-electron chi connectivity index (χ0n) is 11.8. The van der Waals surface area contributed by atoms with E-state index in [4.69, 9.17) is 0 Å². The average molecular weight is 280 g/mol. The van der Waals surface area contributed by atoms with Crippen molar-refractivity contribution in [3.05, 3.63) is 29.8 Å². The maximum Gasteiger partial charge on any atom is 0.244 e. The van der Waals surface area contributed by atoms with Crippen molar-refractivity contribution in [2.45, 2.75) is 31.3 Å². The van der Waals surface area contributed by atoms with E-state index < -0.39 is 6.04 Å². The number of thioether (sulfide) groups is 1. The summed E-state index contributed by atoms with van der Waals surface area (Å²) in [4.78, 5) is 25.8. The van der Waals surface area contributed by atoms with Crippen molar-refractivity contribution in [1.29, 1.82) is 0 Å². The Balaban J connectivity index is 2.60. The minimum atomic E-state index is -0.493. The topological polar surface area (TPSA) is 49.4 Å². The van der Waals surface area contributed by atoms with Gasteiger partial charge in [-0.25, -0.2) is 0 Å². The van der Waals surface area contributed by atoms with Crippen molar-refractivity contribution in [2.24, 2.45) is 0 Å². The van der Waals surface area contributed by atoms with Gasteiger partial charge < -0.3 is 10.2 Å². The van der Waals surface area contributed by atoms with Crippen molar-refractivity contribution < 1.29 is 9.59 Å². The molecule has 0 radical (unpaired) electrons. The Hall–Kier alpha value is -1.49. The quantitative estimate of drug-likeness (QED) is 0.838. The Morgan fingerprint density at radius 1 is 1.32 bits per heavy atom. The normalized spacial score (nSPS) is 11.8. The van der Waals surface area contributed by atoms with Crippen LogP contribution < -0.4 is 5.32 Å². The zero-order valence-corrected chi connectivity index (χ0v) is 12.6. The van der Waals surface area contributed by atoms with Crippen molar-refractivity contribution >= 4 is 23.6 Å². The summed E-state index contributed by atoms with van der Waals surface area (Å²) in [6.07, 6.45) is 2.03. The highest BCUT2D eigenvalue weighted by Gasteiger charge is 2.18. The molecule has 1 aromatic rings. The molecule has 0 fully saturated rings. The van der Waals surface area contributed by atoms with Gasteiger partial charge in [0.2, 0.25) is 11.8 Å². The van der Waals surface area contributed by atoms with Crippen LogP contribution in [-0.2, 0) is 16.1 Å². The Morgan fingerprint density at radius 2 is 1.89 bits per heavy atom. The molecule has 2 amide bonds. The van der Waals surface area contributed by atoms with Gasteiger partial charge in [-0.3, -0.25) is 9.59 Å². The number of nitrogens with zero attached hydrogens (tertiary/aromatic N) is 1. The van der Waals surface area contributed by atoms with Gasteiger partial charge in [0.1, 0.15) is 6.04 Å². The molecule has 1 atom stereocenters. The molecule has 1 rings (SSSR count). The van der Waals surface area contributed by atoms with E-state index in [-0.39, 0.29) is 11.8 Å². The van der Waals surface area contributed by atoms with E-state index in [0.29, 0.717) is 6.54 Å². The molecular weight excluding hydrogens is 260 g/mol. The second kappa shape index (κ2) is 7.19. The minimum absolute atomic E-state index is 0.0934. The third kappa shape index (κ3) is 4.95. The van der Waals surface area contributed by atoms with Gasteiger partial charge in [0.25, 0.3) is 0 Å². The highest BCUT2D eigenvalue weighted by molar-refractivity contribution is 7.98. The summed E-state index contributed by atoms with van der Waals surface area (Å²) >= 11 is 1.69. The summed E-state index contributed by atoms with van der Waals surface area (Å²) < 4.78 is 0. The van der Waals surface area contributed by atoms with E-state index in [1.54, 1.807) is 30.6 Å². The fraction of sp³-hybridized carbons (Fsp3) is 0.429. The summed E-state index contributed by atoms with van der Waals surface area (Å²) in [6, 6.07) is 7.61. The maximum atomic E-state index is 12.0. The van der Waals surface area contributed by atoms with E-state index in [1.165, 1.54) is 11.8 Å². The molecule has 19 heavy (non-hydrogen) atoms. The van der Waals surface area contributed by atoms with Crippen LogP contribution in [0.4, 0.5) is 0 Å². The van der Waals surface area contributed by atoms with Crippen LogP contribution in [-0.4, -0.2) is 36.1 Å². The third-order valence-corrected chi connectivity index (χ3v) is 3.49. The van der Waals surface area contributed by atoms with Crippen molar-refractivity contribution in [1.82, 2.24) is 10.2 Å². The highest BCUT2D eigenvalue weighted by Crippen LogP contribution is 2.15. The van der Waals surface area contributed by atoms with Gasteiger partial charge in [0, 0.05) is 25.4 Å². The second-order valence-electron chi connectivity index (χ2n) is 4.46. The van der Waals surface area contributed by atoms with Crippen molar-refractivity contribution in [2.75, 3.05) is 13.3 Å². The van der Waals surface area contributed by atoms with Gasteiger partial charge in [0.05, 0.1) is 0 Å². The highest BCUT2D eigenvalue weighted by atomic mass is 32.2. The minimum Gasteiger partial charge on any atom is -0.345 e.